The van der Waals surface area contributed by atoms with Crippen LogP contribution < -0.4 is 51.8 Å². The molecule has 7 aliphatic rings. The Morgan fingerprint density at radius 3 is 1.50 bits per heavy atom. The maximum atomic E-state index is 14.5. The predicted molar refractivity (Wildman–Crippen MR) is 165 cm³/mol. The maximum absolute atomic E-state index is 14.5. The number of fused-ring (bicyclic) bond motifs is 2. The van der Waals surface area contributed by atoms with E-state index < -0.39 is 19.7 Å². The molecule has 0 unspecified atom stereocenters. The van der Waals surface area contributed by atoms with Gasteiger partial charge in [-0.2, -0.15) is 0 Å². The molecule has 6 aromatic rings. The van der Waals surface area contributed by atoms with Gasteiger partial charge in [-0.15, -0.1) is 0 Å². The number of quaternary nitrogens is 1. The van der Waals surface area contributed by atoms with Crippen molar-refractivity contribution < 1.29 is 30.9 Å². The molecule has 46 heavy (non-hydrogen) atoms. The van der Waals surface area contributed by atoms with Gasteiger partial charge in [0.25, 0.3) is 11.4 Å². The van der Waals surface area contributed by atoms with Crippen LogP contribution in [0.1, 0.15) is 0 Å². The monoisotopic (exact) mass is 634 g/mol. The van der Waals surface area contributed by atoms with Gasteiger partial charge >= 0.3 is 26.1 Å². The van der Waals surface area contributed by atoms with E-state index in [9.17, 15) is 16.8 Å². The second-order valence-corrected chi connectivity index (χ2v) is 16.5. The average molecular weight is 634 g/mol. The summed E-state index contributed by atoms with van der Waals surface area (Å²) in [6.07, 6.45) is 7.16. The molecule has 13 rings (SSSR count). The van der Waals surface area contributed by atoms with Gasteiger partial charge in [0.1, 0.15) is 11.2 Å². The molecule has 14 heteroatoms. The van der Waals surface area contributed by atoms with Crippen molar-refractivity contribution in [2.45, 2.75) is 19.6 Å². The van der Waals surface area contributed by atoms with Crippen molar-refractivity contribution >= 4 is 77.5 Å². The minimum Gasteiger partial charge on any atom is -0.444 e. The van der Waals surface area contributed by atoms with Crippen molar-refractivity contribution in [2.75, 3.05) is 0 Å². The van der Waals surface area contributed by atoms with Gasteiger partial charge in [0.15, 0.2) is 23.9 Å². The number of benzene rings is 4. The average Bonchev–Trinajstić information content (AvgIpc) is 3.59. The van der Waals surface area contributed by atoms with E-state index in [0.29, 0.717) is 43.6 Å². The van der Waals surface area contributed by atoms with Gasteiger partial charge in [-0.25, -0.2) is 16.8 Å². The van der Waals surface area contributed by atoms with Crippen molar-refractivity contribution in [3.8, 4) is 33.8 Å². The van der Waals surface area contributed by atoms with Crippen LogP contribution in [0.2, 0.25) is 0 Å². The van der Waals surface area contributed by atoms with Crippen molar-refractivity contribution in [3.05, 3.63) is 85.7 Å². The van der Waals surface area contributed by atoms with Crippen molar-refractivity contribution in [2.24, 2.45) is 0 Å². The summed E-state index contributed by atoms with van der Waals surface area (Å²) in [6, 6.07) is 17.7. The lowest BCUT2D eigenvalue weighted by Crippen LogP contribution is -2.99. The number of aromatic nitrogens is 4. The molecule has 10 nitrogen and oxygen atoms in total. The van der Waals surface area contributed by atoms with Gasteiger partial charge in [0, 0.05) is 10.9 Å². The van der Waals surface area contributed by atoms with E-state index in [1.54, 1.807) is 73.6 Å². The van der Waals surface area contributed by atoms with Crippen LogP contribution in [-0.2, 0) is 19.7 Å². The van der Waals surface area contributed by atoms with Gasteiger partial charge in [0.2, 0.25) is 19.7 Å². The Labute approximate surface area is 261 Å². The van der Waals surface area contributed by atoms with E-state index in [4.69, 9.17) is 14.7 Å². The molecule has 0 saturated carbocycles. The lowest BCUT2D eigenvalue weighted by molar-refractivity contribution is -1.03. The molecule has 0 aliphatic carbocycles. The molecule has 7 aliphatic heterocycles. The normalized spacial score (nSPS) is 19.0. The maximum Gasteiger partial charge on any atom is 0.340 e. The largest absolute Gasteiger partial charge is 0.444 e. The zero-order valence-electron chi connectivity index (χ0n) is 23.3. The Kier molecular flexibility index (Phi) is 3.30. The lowest BCUT2D eigenvalue weighted by atomic mass is 9.38. The first-order chi connectivity index (χ1) is 22.4. The van der Waals surface area contributed by atoms with Crippen LogP contribution in [0.5, 0.6) is 11.5 Å². The zero-order valence-corrected chi connectivity index (χ0v) is 25.0. The van der Waals surface area contributed by atoms with Crippen LogP contribution >= 0.6 is 0 Å². The molecule has 4 aromatic carbocycles. The van der Waals surface area contributed by atoms with Crippen LogP contribution in [0.15, 0.2) is 105 Å². The Balaban J connectivity index is 1.34. The van der Waals surface area contributed by atoms with E-state index >= 15 is 0 Å². The molecule has 1 spiro atoms. The highest BCUT2D eigenvalue weighted by Crippen LogP contribution is 2.53. The van der Waals surface area contributed by atoms with E-state index in [1.807, 2.05) is 12.1 Å². The Morgan fingerprint density at radius 1 is 0.565 bits per heavy atom. The minimum atomic E-state index is -3.92. The molecule has 0 N–H and O–H groups in total. The van der Waals surface area contributed by atoms with Crippen LogP contribution in [0.4, 0.5) is 11.4 Å². The molecule has 0 radical (unpaired) electrons. The number of sulfone groups is 2. The standard InChI is InChI=1S/C32H14B2N5O5S2/c40-45(41)21-5-1-3-15-17-11-35-13-37-31(17)33(25(15)21)27-23(45)9-7-19-29(27)39(37)30-20(44-19)8-10-24-28(30)34-26-16(4-2-6-22(26)46(24,42)43)18-12-36-14-38(39)32(18)34/h1-14H/q+3. The second-order valence-electron chi connectivity index (χ2n) is 12.7. The first-order valence-electron chi connectivity index (χ1n) is 14.9. The van der Waals surface area contributed by atoms with E-state index in [0.717, 1.165) is 44.4 Å². The van der Waals surface area contributed by atoms with Gasteiger partial charge in [-0.05, 0) is 67.8 Å². The van der Waals surface area contributed by atoms with Gasteiger partial charge < -0.3 is 4.74 Å². The van der Waals surface area contributed by atoms with Crippen LogP contribution in [0, 0.1) is 0 Å². The third kappa shape index (κ3) is 1.95. The highest BCUT2D eigenvalue weighted by atomic mass is 32.2. The summed E-state index contributed by atoms with van der Waals surface area (Å²) < 4.78 is 68.6. The first-order valence-corrected chi connectivity index (χ1v) is 17.8. The SMILES string of the molecule is O=S1(=O)c2cccc3c2B2c4c1ccc1c4[N+]4(c5c(ccc6c5B5c7c(cccc7S6(=O)=O)-c6cnc[n+]4c65)O1)[n+]1cncc-3c12. The summed E-state index contributed by atoms with van der Waals surface area (Å²) >= 11 is 0. The molecular formula is C32H14B2N5O5S2+3. The van der Waals surface area contributed by atoms with Gasteiger partial charge in [-0.1, -0.05) is 34.2 Å². The summed E-state index contributed by atoms with van der Waals surface area (Å²) in [7, 11) is -7.83. The number of ether oxygens (including phenoxy) is 1. The number of rotatable bonds is 0. The summed E-state index contributed by atoms with van der Waals surface area (Å²) in [5, 5.41) is 0. The third-order valence-corrected chi connectivity index (χ3v) is 14.9. The fourth-order valence-electron chi connectivity index (χ4n) is 9.73. The molecule has 0 saturated heterocycles. The fourth-order valence-corrected chi connectivity index (χ4v) is 13.3. The molecule has 0 fully saturated rings. The van der Waals surface area contributed by atoms with Gasteiger partial charge in [-0.3, -0.25) is 0 Å². The van der Waals surface area contributed by atoms with Crippen LogP contribution in [-0.4, -0.2) is 40.2 Å². The fraction of sp³-hybridized carbons (Fsp3) is 0. The molecule has 0 amide bonds. The first kappa shape index (κ1) is 23.2. The predicted octanol–water partition coefficient (Wildman–Crippen LogP) is -1.36. The van der Waals surface area contributed by atoms with E-state index in [2.05, 4.69) is 9.35 Å². The molecule has 9 heterocycles. The molecule has 0 bridgehead atoms. The van der Waals surface area contributed by atoms with E-state index in [-0.39, 0.29) is 27.9 Å². The van der Waals surface area contributed by atoms with Crippen LogP contribution in [0.3, 0.4) is 0 Å². The topological polar surface area (TPSA) is 111 Å². The zero-order chi connectivity index (χ0) is 30.2. The van der Waals surface area contributed by atoms with Crippen molar-refractivity contribution in [1.29, 1.82) is 0 Å². The highest BCUT2D eigenvalue weighted by Gasteiger charge is 2.72. The van der Waals surface area contributed by atoms with Gasteiger partial charge in [0.05, 0.1) is 35.4 Å². The minimum absolute atomic E-state index is 0.200. The Bertz CT molecular complexity index is 2720. The molecule has 2 aromatic heterocycles. The molecule has 212 valence electrons. The van der Waals surface area contributed by atoms with Crippen LogP contribution in [0.25, 0.3) is 22.3 Å². The summed E-state index contributed by atoms with van der Waals surface area (Å²) in [4.78, 5) is 10.6. The molecular weight excluding hydrogens is 620 g/mol. The van der Waals surface area contributed by atoms with Crippen molar-refractivity contribution in [1.82, 2.24) is 14.7 Å². The lowest BCUT2D eigenvalue weighted by Gasteiger charge is -2.44. The van der Waals surface area contributed by atoms with E-state index in [1.165, 1.54) is 0 Å². The number of hydrogen-bond donors (Lipinski definition) is 0. The summed E-state index contributed by atoms with van der Waals surface area (Å²) in [5.41, 5.74) is 9.13. The summed E-state index contributed by atoms with van der Waals surface area (Å²) in [5.74, 6) is 0.993. The second kappa shape index (κ2) is 6.54. The third-order valence-electron chi connectivity index (χ3n) is 11.1. The smallest absolute Gasteiger partial charge is 0.340 e. The molecule has 0 atom stereocenters. The van der Waals surface area contributed by atoms with Crippen molar-refractivity contribution in [3.63, 3.8) is 0 Å². The Hall–Kier alpha value is -5.17. The summed E-state index contributed by atoms with van der Waals surface area (Å²) in [6.45, 7) is -0.775. The number of hydrogen-bond acceptors (Lipinski definition) is 7. The number of nitrogens with zero attached hydrogens (tertiary/aromatic N) is 5. The highest BCUT2D eigenvalue weighted by molar-refractivity contribution is 7.92. The Morgan fingerprint density at radius 2 is 1.02 bits per heavy atom. The quantitative estimate of drug-likeness (QED) is 0.115.